The molecule has 2 amide bonds. The van der Waals surface area contributed by atoms with E-state index in [4.69, 9.17) is 10.8 Å². The van der Waals surface area contributed by atoms with E-state index in [0.29, 0.717) is 0 Å². The molecule has 0 bridgehead atoms. The van der Waals surface area contributed by atoms with Crippen LogP contribution in [-0.4, -0.2) is 39.5 Å². The molecule has 1 rings (SSSR count). The van der Waals surface area contributed by atoms with Gasteiger partial charge in [0, 0.05) is 6.07 Å². The third-order valence-corrected chi connectivity index (χ3v) is 2.13. The fraction of sp³-hybridized carbons (Fsp3) is 0.222. The predicted molar refractivity (Wildman–Crippen MR) is 61.3 cm³/mol. The van der Waals surface area contributed by atoms with Crippen molar-refractivity contribution >= 4 is 17.5 Å². The lowest BCUT2D eigenvalue weighted by Gasteiger charge is -2.07. The number of carbonyl (C=O) groups excluding carboxylic acids is 2. The molecule has 0 fully saturated rings. The van der Waals surface area contributed by atoms with E-state index < -0.39 is 46.2 Å². The molecule has 0 radical (unpaired) electrons. The molecule has 1 heterocycles. The molecule has 0 aliphatic heterocycles. The molecule has 102 valence electrons. The Balaban J connectivity index is 2.88. The quantitative estimate of drug-likeness (QED) is 0.351. The second kappa shape index (κ2) is 5.73. The summed E-state index contributed by atoms with van der Waals surface area (Å²) >= 11 is 0. The van der Waals surface area contributed by atoms with E-state index in [9.17, 15) is 24.5 Å². The van der Waals surface area contributed by atoms with Crippen molar-refractivity contribution in [2.45, 2.75) is 6.10 Å². The lowest BCUT2D eigenvalue weighted by Crippen LogP contribution is -2.41. The monoisotopic (exact) mass is 270 g/mol. The Morgan fingerprint density at radius 2 is 2.21 bits per heavy atom. The summed E-state index contributed by atoms with van der Waals surface area (Å²) in [5.41, 5.74) is 2.94. The van der Waals surface area contributed by atoms with Crippen LogP contribution in [0.5, 0.6) is 0 Å². The van der Waals surface area contributed by atoms with Crippen LogP contribution in [0.25, 0.3) is 0 Å². The SMILES string of the molecule is NC(=O)C(O)CNC(=O)c1cc([N+](=O)[O-])c[nH]c1=O. The summed E-state index contributed by atoms with van der Waals surface area (Å²) < 4.78 is 0. The summed E-state index contributed by atoms with van der Waals surface area (Å²) in [6.45, 7) is -0.504. The summed E-state index contributed by atoms with van der Waals surface area (Å²) in [6, 6.07) is 0.783. The van der Waals surface area contributed by atoms with Crippen molar-refractivity contribution in [2.24, 2.45) is 5.73 Å². The van der Waals surface area contributed by atoms with E-state index in [1.807, 2.05) is 4.98 Å². The molecule has 0 saturated carbocycles. The van der Waals surface area contributed by atoms with Gasteiger partial charge in [-0.25, -0.2) is 0 Å². The number of pyridine rings is 1. The van der Waals surface area contributed by atoms with Crippen molar-refractivity contribution in [3.8, 4) is 0 Å². The minimum atomic E-state index is -1.61. The normalized spacial score (nSPS) is 11.6. The van der Waals surface area contributed by atoms with Gasteiger partial charge in [-0.2, -0.15) is 0 Å². The van der Waals surface area contributed by atoms with Crippen LogP contribution in [0.15, 0.2) is 17.1 Å². The number of nitro groups is 1. The number of carbonyl (C=O) groups is 2. The highest BCUT2D eigenvalue weighted by atomic mass is 16.6. The fourth-order valence-electron chi connectivity index (χ4n) is 1.13. The zero-order chi connectivity index (χ0) is 14.6. The maximum Gasteiger partial charge on any atom is 0.286 e. The first kappa shape index (κ1) is 14.3. The van der Waals surface area contributed by atoms with Gasteiger partial charge >= 0.3 is 0 Å². The average molecular weight is 270 g/mol. The Bertz CT molecular complexity index is 580. The lowest BCUT2D eigenvalue weighted by atomic mass is 10.2. The van der Waals surface area contributed by atoms with Gasteiger partial charge in [-0.1, -0.05) is 0 Å². The Kier molecular flexibility index (Phi) is 4.32. The predicted octanol–water partition coefficient (Wildman–Crippen LogP) is -2.14. The van der Waals surface area contributed by atoms with Crippen molar-refractivity contribution < 1.29 is 19.6 Å². The molecule has 10 heteroatoms. The Hall–Kier alpha value is -2.75. The van der Waals surface area contributed by atoms with Crippen LogP contribution in [-0.2, 0) is 4.79 Å². The first-order valence-corrected chi connectivity index (χ1v) is 4.95. The lowest BCUT2D eigenvalue weighted by molar-refractivity contribution is -0.385. The van der Waals surface area contributed by atoms with E-state index in [1.165, 1.54) is 0 Å². The van der Waals surface area contributed by atoms with E-state index >= 15 is 0 Å². The van der Waals surface area contributed by atoms with Gasteiger partial charge in [-0.3, -0.25) is 24.5 Å². The molecule has 10 nitrogen and oxygen atoms in total. The molecular weight excluding hydrogens is 260 g/mol. The molecule has 1 aromatic rings. The number of amides is 2. The van der Waals surface area contributed by atoms with E-state index in [2.05, 4.69) is 5.32 Å². The number of hydrogen-bond donors (Lipinski definition) is 4. The van der Waals surface area contributed by atoms with Crippen molar-refractivity contribution in [3.63, 3.8) is 0 Å². The third-order valence-electron chi connectivity index (χ3n) is 2.13. The molecule has 0 aliphatic rings. The number of aliphatic hydroxyl groups is 1. The van der Waals surface area contributed by atoms with Gasteiger partial charge in [-0.15, -0.1) is 0 Å². The van der Waals surface area contributed by atoms with Crippen LogP contribution < -0.4 is 16.6 Å². The maximum absolute atomic E-state index is 11.6. The largest absolute Gasteiger partial charge is 0.381 e. The Labute approximate surface area is 105 Å². The van der Waals surface area contributed by atoms with Gasteiger partial charge in [0.1, 0.15) is 11.7 Å². The smallest absolute Gasteiger partial charge is 0.286 e. The summed E-state index contributed by atoms with van der Waals surface area (Å²) in [5.74, 6) is -2.02. The number of H-pyrrole nitrogens is 1. The van der Waals surface area contributed by atoms with Crippen LogP contribution in [0.3, 0.4) is 0 Å². The molecule has 1 atom stereocenters. The van der Waals surface area contributed by atoms with Crippen molar-refractivity contribution in [1.29, 1.82) is 0 Å². The van der Waals surface area contributed by atoms with E-state index in [0.717, 1.165) is 12.3 Å². The standard InChI is InChI=1S/C9H10N4O6/c10-7(15)6(14)3-12-9(17)5-1-4(13(18)19)2-11-8(5)16/h1-2,6,14H,3H2,(H2,10,15)(H,11,16)(H,12,17). The number of nitrogens with two attached hydrogens (primary N) is 1. The highest BCUT2D eigenvalue weighted by Crippen LogP contribution is 2.07. The van der Waals surface area contributed by atoms with Gasteiger partial charge in [-0.05, 0) is 0 Å². The summed E-state index contributed by atoms with van der Waals surface area (Å²) in [6.07, 6.45) is -0.765. The average Bonchev–Trinajstić information content (AvgIpc) is 2.35. The van der Waals surface area contributed by atoms with Crippen LogP contribution >= 0.6 is 0 Å². The van der Waals surface area contributed by atoms with Crippen LogP contribution in [0.1, 0.15) is 10.4 Å². The van der Waals surface area contributed by atoms with Gasteiger partial charge in [0.15, 0.2) is 0 Å². The Morgan fingerprint density at radius 1 is 1.58 bits per heavy atom. The van der Waals surface area contributed by atoms with Crippen LogP contribution in [0, 0.1) is 10.1 Å². The van der Waals surface area contributed by atoms with Crippen LogP contribution in [0.4, 0.5) is 5.69 Å². The molecule has 0 aromatic carbocycles. The Morgan fingerprint density at radius 3 is 2.74 bits per heavy atom. The molecule has 0 aliphatic carbocycles. The van der Waals surface area contributed by atoms with Crippen molar-refractivity contribution in [1.82, 2.24) is 10.3 Å². The molecule has 1 aromatic heterocycles. The minimum Gasteiger partial charge on any atom is -0.381 e. The highest BCUT2D eigenvalue weighted by Gasteiger charge is 2.18. The summed E-state index contributed by atoms with van der Waals surface area (Å²) in [4.78, 5) is 45.1. The second-order valence-electron chi connectivity index (χ2n) is 3.49. The highest BCUT2D eigenvalue weighted by molar-refractivity contribution is 5.94. The van der Waals surface area contributed by atoms with Gasteiger partial charge in [0.05, 0.1) is 17.7 Å². The topological polar surface area (TPSA) is 168 Å². The molecule has 0 spiro atoms. The number of rotatable bonds is 5. The zero-order valence-electron chi connectivity index (χ0n) is 9.45. The van der Waals surface area contributed by atoms with Crippen LogP contribution in [0.2, 0.25) is 0 Å². The van der Waals surface area contributed by atoms with Gasteiger partial charge < -0.3 is 21.1 Å². The number of hydrogen-bond acceptors (Lipinski definition) is 6. The number of nitrogens with one attached hydrogen (secondary N) is 2. The number of primary amides is 1. The number of aliphatic hydroxyl groups excluding tert-OH is 1. The minimum absolute atomic E-state index is 0.472. The molecular formula is C9H10N4O6. The fourth-order valence-corrected chi connectivity index (χ4v) is 1.13. The summed E-state index contributed by atoms with van der Waals surface area (Å²) in [7, 11) is 0. The number of aromatic amines is 1. The molecule has 5 N–H and O–H groups in total. The first-order chi connectivity index (χ1) is 8.82. The first-order valence-electron chi connectivity index (χ1n) is 4.95. The molecule has 0 saturated heterocycles. The number of nitrogens with zero attached hydrogens (tertiary/aromatic N) is 1. The van der Waals surface area contributed by atoms with Crippen molar-refractivity contribution in [2.75, 3.05) is 6.54 Å². The molecule has 19 heavy (non-hydrogen) atoms. The van der Waals surface area contributed by atoms with E-state index in [1.54, 1.807) is 0 Å². The van der Waals surface area contributed by atoms with Crippen molar-refractivity contribution in [3.05, 3.63) is 38.3 Å². The van der Waals surface area contributed by atoms with Gasteiger partial charge in [0.2, 0.25) is 5.91 Å². The maximum atomic E-state index is 11.6. The second-order valence-corrected chi connectivity index (χ2v) is 3.49. The third kappa shape index (κ3) is 3.61. The van der Waals surface area contributed by atoms with Gasteiger partial charge in [0.25, 0.3) is 17.2 Å². The van der Waals surface area contributed by atoms with E-state index in [-0.39, 0.29) is 0 Å². The molecule has 1 unspecified atom stereocenters. The summed E-state index contributed by atoms with van der Waals surface area (Å²) in [5, 5.41) is 21.6. The number of aromatic nitrogens is 1. The zero-order valence-corrected chi connectivity index (χ0v) is 9.45.